The zero-order valence-corrected chi connectivity index (χ0v) is 26.9. The highest BCUT2D eigenvalue weighted by atomic mass is 16.9. The maximum atomic E-state index is 6.88. The van der Waals surface area contributed by atoms with Crippen LogP contribution in [-0.4, -0.2) is 11.8 Å². The topological polar surface area (TPSA) is 21.7 Å². The van der Waals surface area contributed by atoms with Crippen molar-refractivity contribution in [1.82, 2.24) is 5.23 Å². The van der Waals surface area contributed by atoms with Crippen molar-refractivity contribution in [1.29, 1.82) is 0 Å². The van der Waals surface area contributed by atoms with Crippen LogP contribution in [0.5, 0.6) is 11.5 Å². The van der Waals surface area contributed by atoms with E-state index in [1.807, 2.05) is 0 Å². The summed E-state index contributed by atoms with van der Waals surface area (Å²) in [6, 6.07) is 9.08. The van der Waals surface area contributed by atoms with E-state index in [1.54, 1.807) is 5.23 Å². The second kappa shape index (κ2) is 10.6. The number of rotatable bonds is 6. The summed E-state index contributed by atoms with van der Waals surface area (Å²) >= 11 is 0. The van der Waals surface area contributed by atoms with Crippen molar-refractivity contribution in [2.24, 2.45) is 5.92 Å². The van der Waals surface area contributed by atoms with Gasteiger partial charge in [-0.3, -0.25) is 0 Å². The first-order valence-corrected chi connectivity index (χ1v) is 14.0. The van der Waals surface area contributed by atoms with Gasteiger partial charge in [-0.15, -0.1) is 0 Å². The van der Waals surface area contributed by atoms with E-state index in [0.29, 0.717) is 12.5 Å². The van der Waals surface area contributed by atoms with Gasteiger partial charge in [0.1, 0.15) is 0 Å². The molecule has 0 unspecified atom stereocenters. The van der Waals surface area contributed by atoms with Gasteiger partial charge < -0.3 is 9.68 Å². The summed E-state index contributed by atoms with van der Waals surface area (Å²) in [6.07, 6.45) is 0. The Morgan fingerprint density at radius 3 is 0.973 bits per heavy atom. The molecule has 3 nitrogen and oxygen atoms in total. The number of hydrogen-bond acceptors (Lipinski definition) is 3. The summed E-state index contributed by atoms with van der Waals surface area (Å²) in [7, 11) is 0. The third-order valence-electron chi connectivity index (χ3n) is 6.60. The largest absolute Gasteiger partial charge is 0.371 e. The molecule has 0 aliphatic heterocycles. The highest BCUT2D eigenvalue weighted by molar-refractivity contribution is 5.52. The van der Waals surface area contributed by atoms with Crippen molar-refractivity contribution in [3.8, 4) is 11.5 Å². The van der Waals surface area contributed by atoms with E-state index in [2.05, 4.69) is 135 Å². The van der Waals surface area contributed by atoms with Gasteiger partial charge in [-0.1, -0.05) is 132 Å². The summed E-state index contributed by atoms with van der Waals surface area (Å²) in [6.45, 7) is 36.4. The molecule has 0 fully saturated rings. The van der Waals surface area contributed by atoms with Crippen molar-refractivity contribution in [3.05, 3.63) is 57.6 Å². The van der Waals surface area contributed by atoms with Crippen LogP contribution in [0.15, 0.2) is 24.3 Å². The smallest absolute Gasteiger partial charge is 0.159 e. The van der Waals surface area contributed by atoms with Crippen LogP contribution in [-0.2, 0) is 21.7 Å². The molecular weight excluding hydrogens is 454 g/mol. The standard InChI is InChI=1S/C34H55NO2/c1-22(2)21-35(36-29-25(31(5,6)7)17-23(3)18-26(29)32(8,9)10)37-30-27(33(11,12)13)19-24(4)20-28(30)34(14,15)16/h17-20,22H,21H2,1-16H3. The van der Waals surface area contributed by atoms with Gasteiger partial charge in [0.25, 0.3) is 0 Å². The molecule has 2 rings (SSSR count). The SMILES string of the molecule is Cc1cc(C(C)(C)C)c(ON(CC(C)C)Oc2c(C(C)(C)C)cc(C)cc2C(C)(C)C)c(C(C)(C)C)c1. The fraction of sp³-hybridized carbons (Fsp3) is 0.647. The van der Waals surface area contributed by atoms with Crippen molar-refractivity contribution >= 4 is 0 Å². The lowest BCUT2D eigenvalue weighted by Gasteiger charge is -2.35. The highest BCUT2D eigenvalue weighted by Gasteiger charge is 2.32. The highest BCUT2D eigenvalue weighted by Crippen LogP contribution is 2.43. The number of nitrogens with zero attached hydrogens (tertiary/aromatic N) is 1. The van der Waals surface area contributed by atoms with Crippen LogP contribution in [0, 0.1) is 19.8 Å². The van der Waals surface area contributed by atoms with Crippen molar-refractivity contribution in [2.75, 3.05) is 6.54 Å². The zero-order chi connectivity index (χ0) is 28.7. The van der Waals surface area contributed by atoms with E-state index >= 15 is 0 Å². The number of hydrogen-bond donors (Lipinski definition) is 0. The molecule has 2 aromatic carbocycles. The maximum absolute atomic E-state index is 6.88. The number of hydroxylamine groups is 2. The van der Waals surface area contributed by atoms with Crippen molar-refractivity contribution < 1.29 is 9.68 Å². The van der Waals surface area contributed by atoms with Gasteiger partial charge in [0, 0.05) is 27.5 Å². The van der Waals surface area contributed by atoms with Gasteiger partial charge in [-0.2, -0.15) is 0 Å². The van der Waals surface area contributed by atoms with E-state index in [-0.39, 0.29) is 21.7 Å². The summed E-state index contributed by atoms with van der Waals surface area (Å²) in [5, 5.41) is 1.74. The minimum atomic E-state index is -0.0815. The Morgan fingerprint density at radius 1 is 0.541 bits per heavy atom. The average Bonchev–Trinajstić information content (AvgIpc) is 2.66. The third-order valence-corrected chi connectivity index (χ3v) is 6.60. The first-order valence-electron chi connectivity index (χ1n) is 14.0. The van der Waals surface area contributed by atoms with E-state index in [9.17, 15) is 0 Å². The molecule has 2 aromatic rings. The summed E-state index contributed by atoms with van der Waals surface area (Å²) in [4.78, 5) is 13.8. The molecule has 208 valence electrons. The molecule has 0 spiro atoms. The molecule has 0 heterocycles. The molecule has 0 aliphatic rings. The fourth-order valence-electron chi connectivity index (χ4n) is 4.57. The number of aryl methyl sites for hydroxylation is 2. The molecule has 0 atom stereocenters. The molecule has 37 heavy (non-hydrogen) atoms. The van der Waals surface area contributed by atoms with Gasteiger partial charge in [0.15, 0.2) is 11.5 Å². The van der Waals surface area contributed by atoms with Gasteiger partial charge >= 0.3 is 0 Å². The second-order valence-electron chi connectivity index (χ2n) is 15.5. The maximum Gasteiger partial charge on any atom is 0.159 e. The van der Waals surface area contributed by atoms with E-state index in [1.165, 1.54) is 33.4 Å². The van der Waals surface area contributed by atoms with E-state index in [4.69, 9.17) is 9.68 Å². The Labute approximate surface area is 228 Å². The van der Waals surface area contributed by atoms with Crippen LogP contribution >= 0.6 is 0 Å². The lowest BCUT2D eigenvalue weighted by molar-refractivity contribution is -0.263. The van der Waals surface area contributed by atoms with E-state index in [0.717, 1.165) is 11.5 Å². The van der Waals surface area contributed by atoms with Gasteiger partial charge in [-0.05, 0) is 41.4 Å². The minimum Gasteiger partial charge on any atom is -0.371 e. The Bertz CT molecular complexity index is 929. The average molecular weight is 510 g/mol. The molecule has 0 aliphatic carbocycles. The normalized spacial score (nSPS) is 13.5. The molecule has 0 aromatic heterocycles. The Hall–Kier alpha value is -2.00. The Kier molecular flexibility index (Phi) is 8.97. The summed E-state index contributed by atoms with van der Waals surface area (Å²) < 4.78 is 0. The van der Waals surface area contributed by atoms with Crippen LogP contribution in [0.1, 0.15) is 130 Å². The predicted octanol–water partition coefficient (Wildman–Crippen LogP) is 9.74. The molecular formula is C34H55NO2. The molecule has 0 amide bonds. The monoisotopic (exact) mass is 509 g/mol. The fourth-order valence-corrected chi connectivity index (χ4v) is 4.57. The quantitative estimate of drug-likeness (QED) is 0.362. The molecule has 0 bridgehead atoms. The van der Waals surface area contributed by atoms with Crippen molar-refractivity contribution in [3.63, 3.8) is 0 Å². The van der Waals surface area contributed by atoms with Gasteiger partial charge in [-0.25, -0.2) is 0 Å². The van der Waals surface area contributed by atoms with Gasteiger partial charge in [0.05, 0.1) is 6.54 Å². The van der Waals surface area contributed by atoms with Crippen LogP contribution < -0.4 is 9.68 Å². The third kappa shape index (κ3) is 7.99. The Morgan fingerprint density at radius 2 is 0.784 bits per heavy atom. The molecule has 3 heteroatoms. The van der Waals surface area contributed by atoms with Crippen molar-refractivity contribution in [2.45, 2.75) is 132 Å². The Balaban J connectivity index is 2.80. The van der Waals surface area contributed by atoms with Crippen LogP contribution in [0.25, 0.3) is 0 Å². The van der Waals surface area contributed by atoms with E-state index < -0.39 is 0 Å². The second-order valence-corrected chi connectivity index (χ2v) is 15.5. The van der Waals surface area contributed by atoms with Crippen LogP contribution in [0.4, 0.5) is 0 Å². The minimum absolute atomic E-state index is 0.0815. The molecule has 0 saturated carbocycles. The predicted molar refractivity (Wildman–Crippen MR) is 160 cm³/mol. The molecule has 0 N–H and O–H groups in total. The van der Waals surface area contributed by atoms with Crippen LogP contribution in [0.3, 0.4) is 0 Å². The molecule has 0 saturated heterocycles. The lowest BCUT2D eigenvalue weighted by Crippen LogP contribution is -2.38. The number of benzene rings is 2. The van der Waals surface area contributed by atoms with Crippen LogP contribution in [0.2, 0.25) is 0 Å². The zero-order valence-electron chi connectivity index (χ0n) is 26.9. The van der Waals surface area contributed by atoms with Gasteiger partial charge in [0.2, 0.25) is 0 Å². The summed E-state index contributed by atoms with van der Waals surface area (Å²) in [5.74, 6) is 2.17. The first-order chi connectivity index (χ1) is 16.5. The molecule has 0 radical (unpaired) electrons. The summed E-state index contributed by atoms with van der Waals surface area (Å²) in [5.41, 5.74) is 6.98. The lowest BCUT2D eigenvalue weighted by atomic mass is 9.78. The first kappa shape index (κ1) is 31.2.